The Balaban J connectivity index is 1.54. The quantitative estimate of drug-likeness (QED) is 0.710. The summed E-state index contributed by atoms with van der Waals surface area (Å²) >= 11 is 1.48. The van der Waals surface area contributed by atoms with Crippen molar-refractivity contribution in [2.24, 2.45) is 0 Å². The average molecular weight is 398 g/mol. The zero-order chi connectivity index (χ0) is 18.9. The number of benzene rings is 3. The molecule has 0 bridgehead atoms. The predicted molar refractivity (Wildman–Crippen MR) is 111 cm³/mol. The molecule has 0 spiro atoms. The molecule has 4 nitrogen and oxygen atoms in total. The lowest BCUT2D eigenvalue weighted by Crippen LogP contribution is -2.14. The molecule has 3 aromatic rings. The first kappa shape index (κ1) is 18.1. The fourth-order valence-corrected chi connectivity index (χ4v) is 6.88. The second-order valence-electron chi connectivity index (χ2n) is 6.66. The number of sulfone groups is 1. The molecule has 1 aliphatic heterocycles. The number of amides is 1. The Labute approximate surface area is 162 Å². The van der Waals surface area contributed by atoms with Crippen LogP contribution in [-0.4, -0.2) is 31.1 Å². The van der Waals surface area contributed by atoms with E-state index in [0.717, 1.165) is 21.4 Å². The summed E-state index contributed by atoms with van der Waals surface area (Å²) in [4.78, 5) is 13.6. The molecular formula is C21H19NO3S2. The molecule has 0 aromatic heterocycles. The van der Waals surface area contributed by atoms with Gasteiger partial charge in [-0.1, -0.05) is 42.5 Å². The predicted octanol–water partition coefficient (Wildman–Crippen LogP) is 4.37. The van der Waals surface area contributed by atoms with Crippen molar-refractivity contribution >= 4 is 44.0 Å². The zero-order valence-corrected chi connectivity index (χ0v) is 16.2. The molecule has 1 fully saturated rings. The summed E-state index contributed by atoms with van der Waals surface area (Å²) in [5.41, 5.74) is 1.31. The molecule has 1 saturated heterocycles. The normalized spacial score (nSPS) is 18.4. The minimum absolute atomic E-state index is 0.00428. The maximum Gasteiger partial charge on any atom is 0.256 e. The number of carbonyl (C=O) groups excluding carboxylic acids is 1. The number of rotatable bonds is 4. The molecular weight excluding hydrogens is 378 g/mol. The molecule has 0 saturated carbocycles. The van der Waals surface area contributed by atoms with Gasteiger partial charge in [-0.15, -0.1) is 11.8 Å². The van der Waals surface area contributed by atoms with Crippen LogP contribution in [0.4, 0.5) is 5.69 Å². The largest absolute Gasteiger partial charge is 0.322 e. The minimum Gasteiger partial charge on any atom is -0.322 e. The van der Waals surface area contributed by atoms with Gasteiger partial charge in [-0.3, -0.25) is 4.79 Å². The van der Waals surface area contributed by atoms with Gasteiger partial charge in [0.2, 0.25) is 0 Å². The third kappa shape index (κ3) is 4.17. The van der Waals surface area contributed by atoms with Crippen molar-refractivity contribution in [2.45, 2.75) is 16.6 Å². The molecule has 1 atom stereocenters. The lowest BCUT2D eigenvalue weighted by molar-refractivity contribution is 0.102. The molecule has 138 valence electrons. The molecule has 1 heterocycles. The molecule has 6 heteroatoms. The number of fused-ring (bicyclic) bond motifs is 1. The zero-order valence-electron chi connectivity index (χ0n) is 14.6. The number of carbonyl (C=O) groups is 1. The van der Waals surface area contributed by atoms with Gasteiger partial charge in [0.15, 0.2) is 9.84 Å². The van der Waals surface area contributed by atoms with E-state index in [2.05, 4.69) is 5.32 Å². The van der Waals surface area contributed by atoms with Gasteiger partial charge in [-0.05, 0) is 41.5 Å². The van der Waals surface area contributed by atoms with Crippen molar-refractivity contribution in [3.63, 3.8) is 0 Å². The molecule has 1 aliphatic rings. The molecule has 1 amide bonds. The van der Waals surface area contributed by atoms with Gasteiger partial charge < -0.3 is 5.32 Å². The Hall–Kier alpha value is -2.31. The summed E-state index contributed by atoms with van der Waals surface area (Å²) in [6.45, 7) is 0. The third-order valence-electron chi connectivity index (χ3n) is 4.62. The SMILES string of the molecule is O=C(Nc1ccc2ccccc2c1)c1ccccc1S[C@@H]1CCS(=O)(=O)C1. The van der Waals surface area contributed by atoms with Crippen LogP contribution in [0.1, 0.15) is 16.8 Å². The lowest BCUT2D eigenvalue weighted by Gasteiger charge is -2.13. The van der Waals surface area contributed by atoms with Crippen molar-refractivity contribution in [3.05, 3.63) is 72.3 Å². The van der Waals surface area contributed by atoms with Crippen molar-refractivity contribution in [2.75, 3.05) is 16.8 Å². The first-order valence-electron chi connectivity index (χ1n) is 8.76. The van der Waals surface area contributed by atoms with E-state index in [-0.39, 0.29) is 22.7 Å². The van der Waals surface area contributed by atoms with Crippen molar-refractivity contribution in [1.29, 1.82) is 0 Å². The van der Waals surface area contributed by atoms with Crippen LogP contribution in [-0.2, 0) is 9.84 Å². The van der Waals surface area contributed by atoms with Gasteiger partial charge in [0.25, 0.3) is 5.91 Å². The molecule has 1 N–H and O–H groups in total. The second kappa shape index (κ2) is 7.37. The van der Waals surface area contributed by atoms with E-state index in [1.54, 1.807) is 6.07 Å². The fourth-order valence-electron chi connectivity index (χ4n) is 3.26. The van der Waals surface area contributed by atoms with Crippen LogP contribution in [0, 0.1) is 0 Å². The fraction of sp³-hybridized carbons (Fsp3) is 0.190. The summed E-state index contributed by atoms with van der Waals surface area (Å²) in [7, 11) is -2.94. The maximum absolute atomic E-state index is 12.8. The Kier molecular flexibility index (Phi) is 4.93. The van der Waals surface area contributed by atoms with E-state index in [4.69, 9.17) is 0 Å². The highest BCUT2D eigenvalue weighted by atomic mass is 32.2. The lowest BCUT2D eigenvalue weighted by atomic mass is 10.1. The van der Waals surface area contributed by atoms with Crippen molar-refractivity contribution in [1.82, 2.24) is 0 Å². The van der Waals surface area contributed by atoms with E-state index < -0.39 is 9.84 Å². The number of hydrogen-bond donors (Lipinski definition) is 1. The Morgan fingerprint density at radius 2 is 1.70 bits per heavy atom. The van der Waals surface area contributed by atoms with Crippen LogP contribution in [0.15, 0.2) is 71.6 Å². The second-order valence-corrected chi connectivity index (χ2v) is 10.2. The Bertz CT molecular complexity index is 1110. The summed E-state index contributed by atoms with van der Waals surface area (Å²) < 4.78 is 23.4. The highest BCUT2D eigenvalue weighted by Gasteiger charge is 2.29. The smallest absolute Gasteiger partial charge is 0.256 e. The van der Waals surface area contributed by atoms with Gasteiger partial charge in [0.1, 0.15) is 0 Å². The number of hydrogen-bond acceptors (Lipinski definition) is 4. The molecule has 3 aromatic carbocycles. The monoisotopic (exact) mass is 397 g/mol. The van der Waals surface area contributed by atoms with E-state index in [1.165, 1.54) is 11.8 Å². The molecule has 0 radical (unpaired) electrons. The topological polar surface area (TPSA) is 63.2 Å². The number of thioether (sulfide) groups is 1. The van der Waals surface area contributed by atoms with Crippen LogP contribution in [0.5, 0.6) is 0 Å². The average Bonchev–Trinajstić information content (AvgIpc) is 3.00. The maximum atomic E-state index is 12.8. The number of nitrogens with one attached hydrogen (secondary N) is 1. The Morgan fingerprint density at radius 1 is 0.963 bits per heavy atom. The molecule has 0 unspecified atom stereocenters. The minimum atomic E-state index is -2.94. The standard InChI is InChI=1S/C21H19NO3S2/c23-21(22-17-10-9-15-5-1-2-6-16(15)13-17)19-7-3-4-8-20(19)26-18-11-12-27(24,25)14-18/h1-10,13,18H,11-12,14H2,(H,22,23)/t18-/m1/s1. The van der Waals surface area contributed by atoms with Crippen LogP contribution < -0.4 is 5.32 Å². The highest BCUT2D eigenvalue weighted by Crippen LogP contribution is 2.33. The van der Waals surface area contributed by atoms with Gasteiger partial charge in [-0.2, -0.15) is 0 Å². The van der Waals surface area contributed by atoms with Crippen molar-refractivity contribution in [3.8, 4) is 0 Å². The Morgan fingerprint density at radius 3 is 2.48 bits per heavy atom. The first-order chi connectivity index (χ1) is 13.0. The van der Waals surface area contributed by atoms with Crippen LogP contribution in [0.3, 0.4) is 0 Å². The summed E-state index contributed by atoms with van der Waals surface area (Å²) in [6.07, 6.45) is 0.633. The van der Waals surface area contributed by atoms with E-state index >= 15 is 0 Å². The molecule has 27 heavy (non-hydrogen) atoms. The third-order valence-corrected chi connectivity index (χ3v) is 7.95. The highest BCUT2D eigenvalue weighted by molar-refractivity contribution is 8.02. The van der Waals surface area contributed by atoms with Gasteiger partial charge in [0.05, 0.1) is 17.1 Å². The van der Waals surface area contributed by atoms with E-state index in [9.17, 15) is 13.2 Å². The van der Waals surface area contributed by atoms with E-state index in [0.29, 0.717) is 12.0 Å². The van der Waals surface area contributed by atoms with Gasteiger partial charge in [-0.25, -0.2) is 8.42 Å². The molecule has 0 aliphatic carbocycles. The van der Waals surface area contributed by atoms with E-state index in [1.807, 2.05) is 60.7 Å². The molecule has 4 rings (SSSR count). The van der Waals surface area contributed by atoms with Crippen LogP contribution in [0.25, 0.3) is 10.8 Å². The number of anilines is 1. The van der Waals surface area contributed by atoms with Crippen molar-refractivity contribution < 1.29 is 13.2 Å². The van der Waals surface area contributed by atoms with Gasteiger partial charge >= 0.3 is 0 Å². The summed E-state index contributed by atoms with van der Waals surface area (Å²) in [5.74, 6) is 0.225. The summed E-state index contributed by atoms with van der Waals surface area (Å²) in [5, 5.41) is 5.15. The first-order valence-corrected chi connectivity index (χ1v) is 11.5. The van der Waals surface area contributed by atoms with Crippen LogP contribution >= 0.6 is 11.8 Å². The van der Waals surface area contributed by atoms with Gasteiger partial charge in [0, 0.05) is 15.8 Å². The van der Waals surface area contributed by atoms with Crippen LogP contribution in [0.2, 0.25) is 0 Å². The summed E-state index contributed by atoms with van der Waals surface area (Å²) in [6, 6.07) is 21.2.